The first-order valence-electron chi connectivity index (χ1n) is 4.44. The lowest BCUT2D eigenvalue weighted by Gasteiger charge is -2.23. The zero-order chi connectivity index (χ0) is 8.81. The summed E-state index contributed by atoms with van der Waals surface area (Å²) in [6.45, 7) is 1.89. The van der Waals surface area contributed by atoms with Crippen LogP contribution in [0.1, 0.15) is 19.3 Å². The van der Waals surface area contributed by atoms with Crippen molar-refractivity contribution in [3.63, 3.8) is 0 Å². The summed E-state index contributed by atoms with van der Waals surface area (Å²) in [7, 11) is 0. The van der Waals surface area contributed by atoms with Crippen LogP contribution in [-0.4, -0.2) is 36.8 Å². The van der Waals surface area contributed by atoms with Gasteiger partial charge in [0.05, 0.1) is 6.61 Å². The molecule has 0 radical (unpaired) electrons. The summed E-state index contributed by atoms with van der Waals surface area (Å²) in [5.41, 5.74) is 0. The third-order valence-corrected chi connectivity index (χ3v) is 2.04. The van der Waals surface area contributed by atoms with Gasteiger partial charge in [-0.1, -0.05) is 0 Å². The summed E-state index contributed by atoms with van der Waals surface area (Å²) in [5, 5.41) is 14.6. The van der Waals surface area contributed by atoms with Crippen molar-refractivity contribution in [3.05, 3.63) is 0 Å². The second-order valence-corrected chi connectivity index (χ2v) is 3.07. The lowest BCUT2D eigenvalue weighted by atomic mass is 10.1. The highest BCUT2D eigenvalue weighted by atomic mass is 16.3. The van der Waals surface area contributed by atoms with E-state index in [9.17, 15) is 4.79 Å². The van der Waals surface area contributed by atoms with Gasteiger partial charge >= 0.3 is 0 Å². The van der Waals surface area contributed by atoms with E-state index in [-0.39, 0.29) is 18.9 Å². The third-order valence-electron chi connectivity index (χ3n) is 2.04. The number of carbonyl (C=O) groups is 1. The SMILES string of the molecule is O=C(CCO)NC1CCNCC1. The molecule has 70 valence electrons. The summed E-state index contributed by atoms with van der Waals surface area (Å²) >= 11 is 0. The van der Waals surface area contributed by atoms with Crippen molar-refractivity contribution in [1.82, 2.24) is 10.6 Å². The van der Waals surface area contributed by atoms with Crippen molar-refractivity contribution in [2.75, 3.05) is 19.7 Å². The van der Waals surface area contributed by atoms with Crippen LogP contribution in [0.2, 0.25) is 0 Å². The summed E-state index contributed by atoms with van der Waals surface area (Å²) in [4.78, 5) is 11.0. The Bertz CT molecular complexity index is 144. The average molecular weight is 172 g/mol. The molecule has 0 bridgehead atoms. The summed E-state index contributed by atoms with van der Waals surface area (Å²) < 4.78 is 0. The van der Waals surface area contributed by atoms with Gasteiger partial charge < -0.3 is 15.7 Å². The van der Waals surface area contributed by atoms with Crippen LogP contribution >= 0.6 is 0 Å². The molecule has 0 aromatic heterocycles. The van der Waals surface area contributed by atoms with E-state index in [4.69, 9.17) is 5.11 Å². The lowest BCUT2D eigenvalue weighted by Crippen LogP contribution is -2.42. The van der Waals surface area contributed by atoms with E-state index < -0.39 is 0 Å². The summed E-state index contributed by atoms with van der Waals surface area (Å²) in [6.07, 6.45) is 2.22. The van der Waals surface area contributed by atoms with E-state index in [1.807, 2.05) is 0 Å². The van der Waals surface area contributed by atoms with Gasteiger partial charge in [-0.15, -0.1) is 0 Å². The molecule has 0 aliphatic carbocycles. The number of hydrogen-bond donors (Lipinski definition) is 3. The number of piperidine rings is 1. The first-order valence-corrected chi connectivity index (χ1v) is 4.44. The molecule has 1 rings (SSSR count). The highest BCUT2D eigenvalue weighted by Crippen LogP contribution is 2.01. The van der Waals surface area contributed by atoms with Crippen LogP contribution in [0.25, 0.3) is 0 Å². The first kappa shape index (κ1) is 9.48. The van der Waals surface area contributed by atoms with Crippen LogP contribution in [0.4, 0.5) is 0 Å². The van der Waals surface area contributed by atoms with Gasteiger partial charge in [0.25, 0.3) is 0 Å². The predicted molar refractivity (Wildman–Crippen MR) is 45.7 cm³/mol. The smallest absolute Gasteiger partial charge is 0.222 e. The normalized spacial score (nSPS) is 19.1. The molecule has 3 N–H and O–H groups in total. The van der Waals surface area contributed by atoms with Crippen LogP contribution in [0.3, 0.4) is 0 Å². The number of aliphatic hydroxyl groups is 1. The maximum atomic E-state index is 11.0. The molecule has 0 aromatic rings. The zero-order valence-corrected chi connectivity index (χ0v) is 7.18. The molecule has 1 aliphatic rings. The molecule has 0 spiro atoms. The van der Waals surface area contributed by atoms with Gasteiger partial charge in [-0.3, -0.25) is 4.79 Å². The molecule has 0 aromatic carbocycles. The molecule has 0 atom stereocenters. The minimum Gasteiger partial charge on any atom is -0.396 e. The van der Waals surface area contributed by atoms with Gasteiger partial charge in [0.2, 0.25) is 5.91 Å². The first-order chi connectivity index (χ1) is 5.83. The Hall–Kier alpha value is -0.610. The Morgan fingerprint density at radius 1 is 1.50 bits per heavy atom. The Labute approximate surface area is 72.3 Å². The van der Waals surface area contributed by atoms with Gasteiger partial charge in [0.15, 0.2) is 0 Å². The maximum Gasteiger partial charge on any atom is 0.222 e. The minimum absolute atomic E-state index is 0.0376. The molecular formula is C8H16N2O2. The second-order valence-electron chi connectivity index (χ2n) is 3.07. The summed E-state index contributed by atoms with van der Waals surface area (Å²) in [5.74, 6) is -0.0376. The molecule has 12 heavy (non-hydrogen) atoms. The molecule has 4 heteroatoms. The highest BCUT2D eigenvalue weighted by molar-refractivity contribution is 5.76. The Balaban J connectivity index is 2.15. The summed E-state index contributed by atoms with van der Waals surface area (Å²) in [6, 6.07) is 0.310. The van der Waals surface area contributed by atoms with Crippen molar-refractivity contribution in [1.29, 1.82) is 0 Å². The fourth-order valence-corrected chi connectivity index (χ4v) is 1.37. The number of rotatable bonds is 3. The fourth-order valence-electron chi connectivity index (χ4n) is 1.37. The maximum absolute atomic E-state index is 11.0. The van der Waals surface area contributed by atoms with Gasteiger partial charge in [-0.05, 0) is 25.9 Å². The third kappa shape index (κ3) is 3.19. The van der Waals surface area contributed by atoms with Crippen LogP contribution in [0, 0.1) is 0 Å². The van der Waals surface area contributed by atoms with Crippen molar-refractivity contribution >= 4 is 5.91 Å². The molecule has 1 saturated heterocycles. The minimum atomic E-state index is -0.0587. The van der Waals surface area contributed by atoms with Crippen molar-refractivity contribution in [3.8, 4) is 0 Å². The number of amides is 1. The zero-order valence-electron chi connectivity index (χ0n) is 7.18. The van der Waals surface area contributed by atoms with E-state index >= 15 is 0 Å². The quantitative estimate of drug-likeness (QED) is 0.524. The highest BCUT2D eigenvalue weighted by Gasteiger charge is 2.14. The molecule has 4 nitrogen and oxygen atoms in total. The topological polar surface area (TPSA) is 61.4 Å². The molecule has 1 fully saturated rings. The van der Waals surface area contributed by atoms with E-state index in [1.54, 1.807) is 0 Å². The fraction of sp³-hybridized carbons (Fsp3) is 0.875. The molecule has 1 amide bonds. The molecule has 0 unspecified atom stereocenters. The van der Waals surface area contributed by atoms with Gasteiger partial charge in [-0.2, -0.15) is 0 Å². The van der Waals surface area contributed by atoms with Gasteiger partial charge in [0.1, 0.15) is 0 Å². The monoisotopic (exact) mass is 172 g/mol. The Morgan fingerprint density at radius 2 is 2.17 bits per heavy atom. The van der Waals surface area contributed by atoms with Crippen molar-refractivity contribution < 1.29 is 9.90 Å². The van der Waals surface area contributed by atoms with E-state index in [1.165, 1.54) is 0 Å². The number of nitrogens with one attached hydrogen (secondary N) is 2. The number of hydrogen-bond acceptors (Lipinski definition) is 3. The van der Waals surface area contributed by atoms with Crippen molar-refractivity contribution in [2.24, 2.45) is 0 Å². The van der Waals surface area contributed by atoms with Gasteiger partial charge in [-0.25, -0.2) is 0 Å². The molecule has 0 saturated carbocycles. The lowest BCUT2D eigenvalue weighted by molar-refractivity contribution is -0.122. The van der Waals surface area contributed by atoms with Crippen LogP contribution in [0.5, 0.6) is 0 Å². The van der Waals surface area contributed by atoms with Crippen molar-refractivity contribution in [2.45, 2.75) is 25.3 Å². The predicted octanol–water partition coefficient (Wildman–Crippen LogP) is -0.763. The van der Waals surface area contributed by atoms with Crippen LogP contribution < -0.4 is 10.6 Å². The largest absolute Gasteiger partial charge is 0.396 e. The molecule has 1 aliphatic heterocycles. The molecule has 1 heterocycles. The second kappa shape index (κ2) is 5.11. The molecular weight excluding hydrogens is 156 g/mol. The Kier molecular flexibility index (Phi) is 4.04. The standard InChI is InChI=1S/C8H16N2O2/c11-6-3-8(12)10-7-1-4-9-5-2-7/h7,9,11H,1-6H2,(H,10,12). The van der Waals surface area contributed by atoms with Crippen LogP contribution in [-0.2, 0) is 4.79 Å². The van der Waals surface area contributed by atoms with E-state index in [0.717, 1.165) is 25.9 Å². The average Bonchev–Trinajstić information content (AvgIpc) is 2.06. The number of carbonyl (C=O) groups excluding carboxylic acids is 1. The van der Waals surface area contributed by atoms with E-state index in [2.05, 4.69) is 10.6 Å². The van der Waals surface area contributed by atoms with Crippen LogP contribution in [0.15, 0.2) is 0 Å². The van der Waals surface area contributed by atoms with Gasteiger partial charge in [0, 0.05) is 12.5 Å². The number of aliphatic hydroxyl groups excluding tert-OH is 1. The van der Waals surface area contributed by atoms with E-state index in [0.29, 0.717) is 6.04 Å². The Morgan fingerprint density at radius 3 is 2.75 bits per heavy atom.